The molecule has 2 nitrogen and oxygen atoms in total. The molecule has 1 N–H and O–H groups in total. The van der Waals surface area contributed by atoms with Crippen molar-refractivity contribution in [2.24, 2.45) is 5.92 Å². The molecule has 0 bridgehead atoms. The Morgan fingerprint density at radius 1 is 1.38 bits per heavy atom. The van der Waals surface area contributed by atoms with Crippen LogP contribution >= 0.6 is 11.6 Å². The number of benzene rings is 1. The number of halogens is 1. The molecule has 2 rings (SSSR count). The van der Waals surface area contributed by atoms with E-state index >= 15 is 0 Å². The summed E-state index contributed by atoms with van der Waals surface area (Å²) in [4.78, 5) is 0. The van der Waals surface area contributed by atoms with Crippen molar-refractivity contribution in [3.05, 3.63) is 34.3 Å². The van der Waals surface area contributed by atoms with Crippen molar-refractivity contribution in [1.82, 2.24) is 0 Å². The Hall–Kier alpha value is -0.570. The lowest BCUT2D eigenvalue weighted by Crippen LogP contribution is -2.21. The molecule has 1 aromatic rings. The zero-order chi connectivity index (χ0) is 11.5. The van der Waals surface area contributed by atoms with Gasteiger partial charge in [0, 0.05) is 18.2 Å². The molecule has 0 radical (unpaired) electrons. The summed E-state index contributed by atoms with van der Waals surface area (Å²) in [6.07, 6.45) is 1.43. The predicted molar refractivity (Wildman–Crippen MR) is 64.7 cm³/mol. The molecule has 1 aliphatic heterocycles. The summed E-state index contributed by atoms with van der Waals surface area (Å²) in [5.74, 6) is 0.299. The maximum atomic E-state index is 10.2. The molecular formula is C13H17ClO2. The minimum absolute atomic E-state index is 0.299. The van der Waals surface area contributed by atoms with E-state index in [2.05, 4.69) is 0 Å². The van der Waals surface area contributed by atoms with E-state index in [-0.39, 0.29) is 0 Å². The van der Waals surface area contributed by atoms with Crippen molar-refractivity contribution in [2.45, 2.75) is 25.9 Å². The first-order valence-electron chi connectivity index (χ1n) is 5.70. The van der Waals surface area contributed by atoms with Crippen molar-refractivity contribution in [3.63, 3.8) is 0 Å². The monoisotopic (exact) mass is 240 g/mol. The van der Waals surface area contributed by atoms with Gasteiger partial charge in [0.25, 0.3) is 0 Å². The van der Waals surface area contributed by atoms with E-state index in [1.165, 1.54) is 0 Å². The van der Waals surface area contributed by atoms with E-state index in [0.29, 0.717) is 5.92 Å². The van der Waals surface area contributed by atoms with Crippen LogP contribution in [-0.2, 0) is 4.74 Å². The average Bonchev–Trinajstić information content (AvgIpc) is 2.33. The van der Waals surface area contributed by atoms with Crippen LogP contribution in [0.3, 0.4) is 0 Å². The van der Waals surface area contributed by atoms with Gasteiger partial charge in [-0.2, -0.15) is 0 Å². The number of aryl methyl sites for hydroxylation is 1. The number of hydrogen-bond acceptors (Lipinski definition) is 2. The van der Waals surface area contributed by atoms with Crippen LogP contribution in [0.4, 0.5) is 0 Å². The Morgan fingerprint density at radius 2 is 2.06 bits per heavy atom. The van der Waals surface area contributed by atoms with E-state index in [1.807, 2.05) is 25.1 Å². The molecule has 1 aliphatic rings. The fourth-order valence-corrected chi connectivity index (χ4v) is 2.29. The maximum absolute atomic E-state index is 10.2. The third-order valence-electron chi connectivity index (χ3n) is 3.25. The van der Waals surface area contributed by atoms with Crippen molar-refractivity contribution >= 4 is 11.6 Å². The SMILES string of the molecule is Cc1ccc(C(O)C2CCOCC2)cc1Cl. The van der Waals surface area contributed by atoms with Crippen LogP contribution in [0, 0.1) is 12.8 Å². The molecule has 1 atom stereocenters. The van der Waals surface area contributed by atoms with Gasteiger partial charge in [-0.05, 0) is 42.9 Å². The Balaban J connectivity index is 2.12. The fourth-order valence-electron chi connectivity index (χ4n) is 2.10. The highest BCUT2D eigenvalue weighted by Crippen LogP contribution is 2.31. The van der Waals surface area contributed by atoms with E-state index in [0.717, 1.165) is 42.2 Å². The molecule has 1 saturated heterocycles. The number of aliphatic hydroxyl groups excluding tert-OH is 1. The number of rotatable bonds is 2. The average molecular weight is 241 g/mol. The van der Waals surface area contributed by atoms with Crippen LogP contribution in [0.15, 0.2) is 18.2 Å². The third-order valence-corrected chi connectivity index (χ3v) is 3.66. The van der Waals surface area contributed by atoms with Crippen LogP contribution in [-0.4, -0.2) is 18.3 Å². The summed E-state index contributed by atoms with van der Waals surface area (Å²) in [6.45, 7) is 3.47. The Kier molecular flexibility index (Phi) is 3.85. The summed E-state index contributed by atoms with van der Waals surface area (Å²) < 4.78 is 5.29. The highest BCUT2D eigenvalue weighted by Gasteiger charge is 2.23. The maximum Gasteiger partial charge on any atom is 0.0820 e. The second-order valence-corrected chi connectivity index (χ2v) is 4.81. The van der Waals surface area contributed by atoms with Crippen molar-refractivity contribution < 1.29 is 9.84 Å². The Morgan fingerprint density at radius 3 is 2.69 bits per heavy atom. The van der Waals surface area contributed by atoms with Crippen LogP contribution in [0.5, 0.6) is 0 Å². The van der Waals surface area contributed by atoms with E-state index in [4.69, 9.17) is 16.3 Å². The second kappa shape index (κ2) is 5.17. The Bertz CT molecular complexity index is 359. The zero-order valence-electron chi connectivity index (χ0n) is 9.45. The number of hydrogen-bond donors (Lipinski definition) is 1. The summed E-state index contributed by atoms with van der Waals surface area (Å²) in [7, 11) is 0. The first kappa shape index (κ1) is 11.9. The first-order valence-corrected chi connectivity index (χ1v) is 6.08. The third kappa shape index (κ3) is 2.57. The summed E-state index contributed by atoms with van der Waals surface area (Å²) in [5.41, 5.74) is 1.96. The lowest BCUT2D eigenvalue weighted by atomic mass is 9.89. The number of aliphatic hydroxyl groups is 1. The van der Waals surface area contributed by atoms with Gasteiger partial charge in [0.2, 0.25) is 0 Å². The van der Waals surface area contributed by atoms with Crippen LogP contribution in [0.25, 0.3) is 0 Å². The number of ether oxygens (including phenoxy) is 1. The molecule has 0 saturated carbocycles. The smallest absolute Gasteiger partial charge is 0.0820 e. The topological polar surface area (TPSA) is 29.5 Å². The standard InChI is InChI=1S/C13H17ClO2/c1-9-2-3-11(8-12(9)14)13(15)10-4-6-16-7-5-10/h2-3,8,10,13,15H,4-7H2,1H3. The minimum Gasteiger partial charge on any atom is -0.388 e. The van der Waals surface area contributed by atoms with Gasteiger partial charge < -0.3 is 9.84 Å². The molecule has 16 heavy (non-hydrogen) atoms. The minimum atomic E-state index is -0.415. The van der Waals surface area contributed by atoms with Gasteiger partial charge in [-0.1, -0.05) is 23.7 Å². The Labute approximate surface area is 101 Å². The largest absolute Gasteiger partial charge is 0.388 e. The van der Waals surface area contributed by atoms with Crippen molar-refractivity contribution in [2.75, 3.05) is 13.2 Å². The quantitative estimate of drug-likeness (QED) is 0.861. The van der Waals surface area contributed by atoms with E-state index in [1.54, 1.807) is 0 Å². The molecule has 0 aliphatic carbocycles. The highest BCUT2D eigenvalue weighted by atomic mass is 35.5. The lowest BCUT2D eigenvalue weighted by Gasteiger charge is -2.27. The summed E-state index contributed by atoms with van der Waals surface area (Å²) >= 11 is 6.06. The molecule has 0 aromatic heterocycles. The molecule has 1 fully saturated rings. The van der Waals surface area contributed by atoms with Crippen molar-refractivity contribution in [1.29, 1.82) is 0 Å². The second-order valence-electron chi connectivity index (χ2n) is 4.40. The molecule has 88 valence electrons. The van der Waals surface area contributed by atoms with E-state index < -0.39 is 6.10 Å². The lowest BCUT2D eigenvalue weighted by molar-refractivity contribution is 0.00718. The van der Waals surface area contributed by atoms with Gasteiger partial charge in [0.05, 0.1) is 6.10 Å². The predicted octanol–water partition coefficient (Wildman–Crippen LogP) is 3.11. The molecular weight excluding hydrogens is 224 g/mol. The van der Waals surface area contributed by atoms with Crippen LogP contribution < -0.4 is 0 Å². The first-order chi connectivity index (χ1) is 7.68. The molecule has 0 spiro atoms. The van der Waals surface area contributed by atoms with Crippen LogP contribution in [0.2, 0.25) is 5.02 Å². The summed E-state index contributed by atoms with van der Waals surface area (Å²) in [5, 5.41) is 11.0. The zero-order valence-corrected chi connectivity index (χ0v) is 10.2. The van der Waals surface area contributed by atoms with Gasteiger partial charge >= 0.3 is 0 Å². The van der Waals surface area contributed by atoms with Gasteiger partial charge in [0.15, 0.2) is 0 Å². The van der Waals surface area contributed by atoms with E-state index in [9.17, 15) is 5.11 Å². The molecule has 1 heterocycles. The molecule has 0 amide bonds. The molecule has 3 heteroatoms. The fraction of sp³-hybridized carbons (Fsp3) is 0.538. The normalized spacial score (nSPS) is 19.7. The summed E-state index contributed by atoms with van der Waals surface area (Å²) in [6, 6.07) is 5.79. The van der Waals surface area contributed by atoms with Gasteiger partial charge in [-0.3, -0.25) is 0 Å². The van der Waals surface area contributed by atoms with Gasteiger partial charge in [-0.25, -0.2) is 0 Å². The molecule has 1 aromatic carbocycles. The van der Waals surface area contributed by atoms with Crippen LogP contribution in [0.1, 0.15) is 30.1 Å². The highest BCUT2D eigenvalue weighted by molar-refractivity contribution is 6.31. The van der Waals surface area contributed by atoms with Gasteiger partial charge in [-0.15, -0.1) is 0 Å². The van der Waals surface area contributed by atoms with Crippen molar-refractivity contribution in [3.8, 4) is 0 Å². The van der Waals surface area contributed by atoms with Gasteiger partial charge in [0.1, 0.15) is 0 Å². The molecule has 1 unspecified atom stereocenters.